The summed E-state index contributed by atoms with van der Waals surface area (Å²) < 4.78 is 0. The monoisotopic (exact) mass is 223 g/mol. The van der Waals surface area contributed by atoms with E-state index in [-0.39, 0.29) is 17.6 Å². The molecule has 1 heterocycles. The number of nitrogens with two attached hydrogens (primary N) is 2. The summed E-state index contributed by atoms with van der Waals surface area (Å²) in [5.74, 6) is 0.0173. The summed E-state index contributed by atoms with van der Waals surface area (Å²) in [7, 11) is 0. The highest BCUT2D eigenvalue weighted by molar-refractivity contribution is 5.95. The van der Waals surface area contributed by atoms with Crippen LogP contribution in [0.25, 0.3) is 0 Å². The van der Waals surface area contributed by atoms with E-state index >= 15 is 0 Å². The van der Waals surface area contributed by atoms with E-state index in [0.717, 1.165) is 0 Å². The normalized spacial score (nSPS) is 10.5. The Morgan fingerprint density at radius 1 is 1.44 bits per heavy atom. The van der Waals surface area contributed by atoms with Crippen LogP contribution in [0.4, 0.5) is 11.6 Å². The summed E-state index contributed by atoms with van der Waals surface area (Å²) in [6.45, 7) is 5.90. The number of aryl methyl sites for hydroxylation is 1. The SMILES string of the molecule is CCc1nc(C(N)=O)c(N)nc1NC(C)C. The third-order valence-corrected chi connectivity index (χ3v) is 1.99. The average molecular weight is 223 g/mol. The van der Waals surface area contributed by atoms with Gasteiger partial charge in [0.25, 0.3) is 5.91 Å². The minimum atomic E-state index is -0.657. The Labute approximate surface area is 94.5 Å². The van der Waals surface area contributed by atoms with E-state index in [9.17, 15) is 4.79 Å². The molecular weight excluding hydrogens is 206 g/mol. The molecule has 0 unspecified atom stereocenters. The first-order valence-electron chi connectivity index (χ1n) is 5.18. The van der Waals surface area contributed by atoms with Crippen molar-refractivity contribution in [3.8, 4) is 0 Å². The second-order valence-corrected chi connectivity index (χ2v) is 3.77. The third-order valence-electron chi connectivity index (χ3n) is 1.99. The van der Waals surface area contributed by atoms with E-state index in [1.54, 1.807) is 0 Å². The molecule has 1 amide bonds. The van der Waals surface area contributed by atoms with Crippen LogP contribution in [0, 0.1) is 0 Å². The predicted octanol–water partition coefficient (Wildman–Crippen LogP) is 0.540. The summed E-state index contributed by atoms with van der Waals surface area (Å²) in [6.07, 6.45) is 0.655. The molecule has 0 aliphatic carbocycles. The molecule has 0 saturated carbocycles. The van der Waals surface area contributed by atoms with E-state index in [2.05, 4.69) is 15.3 Å². The fourth-order valence-electron chi connectivity index (χ4n) is 1.30. The second-order valence-electron chi connectivity index (χ2n) is 3.77. The Morgan fingerprint density at radius 3 is 2.50 bits per heavy atom. The number of rotatable bonds is 4. The van der Waals surface area contributed by atoms with Gasteiger partial charge in [-0.25, -0.2) is 9.97 Å². The van der Waals surface area contributed by atoms with Crippen molar-refractivity contribution in [1.82, 2.24) is 9.97 Å². The molecular formula is C10H17N5O. The van der Waals surface area contributed by atoms with E-state index in [4.69, 9.17) is 11.5 Å². The Balaban J connectivity index is 3.21. The summed E-state index contributed by atoms with van der Waals surface area (Å²) in [5, 5.41) is 3.13. The highest BCUT2D eigenvalue weighted by Gasteiger charge is 2.14. The van der Waals surface area contributed by atoms with Crippen molar-refractivity contribution in [2.75, 3.05) is 11.1 Å². The number of nitrogen functional groups attached to an aromatic ring is 1. The van der Waals surface area contributed by atoms with Crippen molar-refractivity contribution >= 4 is 17.5 Å². The molecule has 1 aromatic heterocycles. The number of aromatic nitrogens is 2. The number of carbonyl (C=O) groups excluding carboxylic acids is 1. The molecule has 0 radical (unpaired) electrons. The van der Waals surface area contributed by atoms with Gasteiger partial charge in [-0.2, -0.15) is 0 Å². The van der Waals surface area contributed by atoms with Gasteiger partial charge in [0, 0.05) is 6.04 Å². The standard InChI is InChI=1S/C10H17N5O/c1-4-6-10(13-5(2)3)15-8(11)7(14-6)9(12)16/h5H,4H2,1-3H3,(H2,12,16)(H3,11,13,15). The number of hydrogen-bond acceptors (Lipinski definition) is 5. The minimum Gasteiger partial charge on any atom is -0.382 e. The van der Waals surface area contributed by atoms with Crippen LogP contribution in [0.2, 0.25) is 0 Å². The fourth-order valence-corrected chi connectivity index (χ4v) is 1.30. The zero-order valence-corrected chi connectivity index (χ0v) is 9.74. The van der Waals surface area contributed by atoms with Gasteiger partial charge in [-0.1, -0.05) is 6.92 Å². The number of amides is 1. The highest BCUT2D eigenvalue weighted by Crippen LogP contribution is 2.16. The summed E-state index contributed by atoms with van der Waals surface area (Å²) >= 11 is 0. The molecule has 1 rings (SSSR count). The number of carbonyl (C=O) groups is 1. The van der Waals surface area contributed by atoms with Crippen molar-refractivity contribution in [3.05, 3.63) is 11.4 Å². The van der Waals surface area contributed by atoms with Crippen molar-refractivity contribution in [2.45, 2.75) is 33.2 Å². The van der Waals surface area contributed by atoms with E-state index in [1.165, 1.54) is 0 Å². The van der Waals surface area contributed by atoms with Gasteiger partial charge in [0.2, 0.25) is 0 Å². The molecule has 0 aliphatic heterocycles. The number of nitrogens with one attached hydrogen (secondary N) is 1. The topological polar surface area (TPSA) is 107 Å². The van der Waals surface area contributed by atoms with Gasteiger partial charge in [-0.15, -0.1) is 0 Å². The summed E-state index contributed by atoms with van der Waals surface area (Å²) in [6, 6.07) is 0.221. The Kier molecular flexibility index (Phi) is 3.65. The Morgan fingerprint density at radius 2 is 2.06 bits per heavy atom. The first kappa shape index (κ1) is 12.2. The predicted molar refractivity (Wildman–Crippen MR) is 63.1 cm³/mol. The van der Waals surface area contributed by atoms with E-state index in [0.29, 0.717) is 17.9 Å². The van der Waals surface area contributed by atoms with Gasteiger partial charge in [0.15, 0.2) is 11.5 Å². The Hall–Kier alpha value is -1.85. The molecule has 16 heavy (non-hydrogen) atoms. The van der Waals surface area contributed by atoms with E-state index in [1.807, 2.05) is 20.8 Å². The van der Waals surface area contributed by atoms with Crippen molar-refractivity contribution < 1.29 is 4.79 Å². The minimum absolute atomic E-state index is 0.0335. The quantitative estimate of drug-likeness (QED) is 0.690. The maximum atomic E-state index is 11.0. The van der Waals surface area contributed by atoms with Crippen LogP contribution < -0.4 is 16.8 Å². The first-order valence-corrected chi connectivity index (χ1v) is 5.18. The van der Waals surface area contributed by atoms with Crippen LogP contribution in [0.3, 0.4) is 0 Å². The van der Waals surface area contributed by atoms with Gasteiger partial charge in [0.1, 0.15) is 5.82 Å². The molecule has 0 aliphatic rings. The van der Waals surface area contributed by atoms with Crippen molar-refractivity contribution in [2.24, 2.45) is 5.73 Å². The first-order chi connectivity index (χ1) is 7.45. The molecule has 6 nitrogen and oxygen atoms in total. The van der Waals surface area contributed by atoms with Crippen LogP contribution in [-0.2, 0) is 6.42 Å². The lowest BCUT2D eigenvalue weighted by Gasteiger charge is -2.13. The molecule has 0 aromatic carbocycles. The number of hydrogen-bond donors (Lipinski definition) is 3. The van der Waals surface area contributed by atoms with E-state index < -0.39 is 5.91 Å². The maximum Gasteiger partial charge on any atom is 0.271 e. The molecule has 0 bridgehead atoms. The van der Waals surface area contributed by atoms with Gasteiger partial charge < -0.3 is 16.8 Å². The van der Waals surface area contributed by atoms with Crippen molar-refractivity contribution in [3.63, 3.8) is 0 Å². The molecule has 0 atom stereocenters. The lowest BCUT2D eigenvalue weighted by molar-refractivity contribution is 0.0996. The van der Waals surface area contributed by atoms with Gasteiger partial charge >= 0.3 is 0 Å². The zero-order valence-electron chi connectivity index (χ0n) is 9.74. The van der Waals surface area contributed by atoms with Crippen LogP contribution in [0.15, 0.2) is 0 Å². The number of anilines is 2. The zero-order chi connectivity index (χ0) is 12.3. The fraction of sp³-hybridized carbons (Fsp3) is 0.500. The molecule has 1 aromatic rings. The molecule has 0 spiro atoms. The van der Waals surface area contributed by atoms with Gasteiger partial charge in [-0.3, -0.25) is 4.79 Å². The lowest BCUT2D eigenvalue weighted by Crippen LogP contribution is -2.21. The van der Waals surface area contributed by atoms with Crippen LogP contribution in [0.1, 0.15) is 37.0 Å². The summed E-state index contributed by atoms with van der Waals surface area (Å²) in [4.78, 5) is 19.3. The van der Waals surface area contributed by atoms with Crippen LogP contribution in [0.5, 0.6) is 0 Å². The van der Waals surface area contributed by atoms with Gasteiger partial charge in [0.05, 0.1) is 5.69 Å². The molecule has 5 N–H and O–H groups in total. The third kappa shape index (κ3) is 2.59. The number of nitrogens with zero attached hydrogens (tertiary/aromatic N) is 2. The average Bonchev–Trinajstić information content (AvgIpc) is 2.16. The highest BCUT2D eigenvalue weighted by atomic mass is 16.1. The lowest BCUT2D eigenvalue weighted by atomic mass is 10.2. The number of primary amides is 1. The molecule has 88 valence electrons. The molecule has 0 saturated heterocycles. The van der Waals surface area contributed by atoms with Crippen molar-refractivity contribution in [1.29, 1.82) is 0 Å². The smallest absolute Gasteiger partial charge is 0.271 e. The Bertz CT molecular complexity index is 402. The van der Waals surface area contributed by atoms with Crippen LogP contribution >= 0.6 is 0 Å². The molecule has 0 fully saturated rings. The maximum absolute atomic E-state index is 11.0. The van der Waals surface area contributed by atoms with Crippen LogP contribution in [-0.4, -0.2) is 21.9 Å². The largest absolute Gasteiger partial charge is 0.382 e. The van der Waals surface area contributed by atoms with Gasteiger partial charge in [-0.05, 0) is 20.3 Å². The summed E-state index contributed by atoms with van der Waals surface area (Å²) in [5.41, 5.74) is 11.5. The second kappa shape index (κ2) is 4.78. The molecule has 6 heteroatoms.